The van der Waals surface area contributed by atoms with Crippen molar-refractivity contribution in [2.45, 2.75) is 0 Å². The minimum Gasteiger partial charge on any atom is -0.480 e. The number of aldehydes is 1. The van der Waals surface area contributed by atoms with Gasteiger partial charge >= 0.3 is 5.97 Å². The third kappa shape index (κ3) is 2.23. The molecular weight excluding hydrogens is 222 g/mol. The lowest BCUT2D eigenvalue weighted by Gasteiger charge is -2.07. The first-order chi connectivity index (χ1) is 8.22. The van der Waals surface area contributed by atoms with E-state index in [1.54, 1.807) is 30.5 Å². The van der Waals surface area contributed by atoms with E-state index in [2.05, 4.69) is 4.98 Å². The maximum Gasteiger partial charge on any atom is 0.341 e. The van der Waals surface area contributed by atoms with Crippen molar-refractivity contribution in [1.82, 2.24) is 4.98 Å². The number of nitrogens with zero attached hydrogens (tertiary/aromatic N) is 1. The van der Waals surface area contributed by atoms with Gasteiger partial charge in [-0.25, -0.2) is 4.79 Å². The zero-order chi connectivity index (χ0) is 12.3. The molecule has 0 aliphatic rings. The first kappa shape index (κ1) is 11.1. The predicted octanol–water partition coefficient (Wildman–Crippen LogP) is 1.51. The van der Waals surface area contributed by atoms with Crippen molar-refractivity contribution in [2.75, 3.05) is 6.61 Å². The minimum atomic E-state index is -1.06. The number of aliphatic carboxylic acids is 1. The predicted molar refractivity (Wildman–Crippen MR) is 60.3 cm³/mol. The average Bonchev–Trinajstić information content (AvgIpc) is 2.35. The van der Waals surface area contributed by atoms with E-state index < -0.39 is 12.6 Å². The summed E-state index contributed by atoms with van der Waals surface area (Å²) in [6.45, 7) is -0.438. The highest BCUT2D eigenvalue weighted by Crippen LogP contribution is 2.25. The van der Waals surface area contributed by atoms with Crippen molar-refractivity contribution < 1.29 is 19.4 Å². The quantitative estimate of drug-likeness (QED) is 0.807. The van der Waals surface area contributed by atoms with Gasteiger partial charge in [-0.05, 0) is 18.2 Å². The Labute approximate surface area is 96.7 Å². The van der Waals surface area contributed by atoms with Gasteiger partial charge in [0.1, 0.15) is 11.3 Å². The van der Waals surface area contributed by atoms with Crippen LogP contribution in [0.25, 0.3) is 10.9 Å². The van der Waals surface area contributed by atoms with Gasteiger partial charge in [0.05, 0.1) is 0 Å². The third-order valence-corrected chi connectivity index (χ3v) is 2.24. The molecule has 0 fully saturated rings. The molecule has 86 valence electrons. The summed E-state index contributed by atoms with van der Waals surface area (Å²) in [6.07, 6.45) is 2.29. The van der Waals surface area contributed by atoms with Crippen LogP contribution in [-0.4, -0.2) is 29.0 Å². The molecule has 0 atom stereocenters. The molecule has 2 rings (SSSR count). The number of rotatable bonds is 4. The van der Waals surface area contributed by atoms with Crippen LogP contribution in [-0.2, 0) is 4.79 Å². The second-order valence-electron chi connectivity index (χ2n) is 3.35. The maximum absolute atomic E-state index is 10.8. The minimum absolute atomic E-state index is 0.355. The summed E-state index contributed by atoms with van der Waals surface area (Å²) < 4.78 is 5.10. The number of carbonyl (C=O) groups is 2. The number of aromatic nitrogens is 1. The van der Waals surface area contributed by atoms with Crippen molar-refractivity contribution >= 4 is 23.2 Å². The molecule has 17 heavy (non-hydrogen) atoms. The zero-order valence-electron chi connectivity index (χ0n) is 8.79. The standard InChI is InChI=1S/C12H9NO4/c14-6-8-3-4-10(17-7-11(15)16)12-9(8)2-1-5-13-12/h1-6H,7H2,(H,15,16). The van der Waals surface area contributed by atoms with Crippen molar-refractivity contribution in [3.05, 3.63) is 36.0 Å². The molecule has 5 nitrogen and oxygen atoms in total. The van der Waals surface area contributed by atoms with Crippen molar-refractivity contribution in [3.63, 3.8) is 0 Å². The monoisotopic (exact) mass is 231 g/mol. The number of fused-ring (bicyclic) bond motifs is 1. The lowest BCUT2D eigenvalue weighted by molar-refractivity contribution is -0.139. The van der Waals surface area contributed by atoms with Crippen LogP contribution in [0.3, 0.4) is 0 Å². The van der Waals surface area contributed by atoms with E-state index in [1.165, 1.54) is 0 Å². The van der Waals surface area contributed by atoms with Crippen LogP contribution in [0, 0.1) is 0 Å². The van der Waals surface area contributed by atoms with Gasteiger partial charge in [0.25, 0.3) is 0 Å². The lowest BCUT2D eigenvalue weighted by Crippen LogP contribution is -2.09. The molecule has 2 aromatic rings. The lowest BCUT2D eigenvalue weighted by atomic mass is 10.1. The molecule has 0 saturated heterocycles. The molecule has 0 aliphatic heterocycles. The molecule has 0 bridgehead atoms. The van der Waals surface area contributed by atoms with Gasteiger partial charge in [0, 0.05) is 17.1 Å². The Hall–Kier alpha value is -2.43. The van der Waals surface area contributed by atoms with E-state index in [4.69, 9.17) is 9.84 Å². The van der Waals surface area contributed by atoms with Crippen LogP contribution in [0.5, 0.6) is 5.75 Å². The van der Waals surface area contributed by atoms with Crippen molar-refractivity contribution in [2.24, 2.45) is 0 Å². The Morgan fingerprint density at radius 2 is 2.24 bits per heavy atom. The summed E-state index contributed by atoms with van der Waals surface area (Å²) in [5.74, 6) is -0.706. The van der Waals surface area contributed by atoms with E-state index in [9.17, 15) is 9.59 Å². The Balaban J connectivity index is 2.50. The van der Waals surface area contributed by atoms with Crippen molar-refractivity contribution in [1.29, 1.82) is 0 Å². The number of hydrogen-bond donors (Lipinski definition) is 1. The Bertz CT molecular complexity index is 580. The van der Waals surface area contributed by atoms with Gasteiger partial charge in [-0.15, -0.1) is 0 Å². The van der Waals surface area contributed by atoms with Crippen LogP contribution in [0.15, 0.2) is 30.5 Å². The summed E-state index contributed by atoms with van der Waals surface area (Å²) in [4.78, 5) is 25.4. The molecule has 1 aromatic heterocycles. The molecule has 1 heterocycles. The number of ether oxygens (including phenoxy) is 1. The van der Waals surface area contributed by atoms with Crippen molar-refractivity contribution in [3.8, 4) is 5.75 Å². The molecule has 0 unspecified atom stereocenters. The van der Waals surface area contributed by atoms with Gasteiger partial charge in [-0.3, -0.25) is 9.78 Å². The summed E-state index contributed by atoms with van der Waals surface area (Å²) in [5, 5.41) is 9.19. The normalized spacial score (nSPS) is 10.1. The second kappa shape index (κ2) is 4.61. The first-order valence-corrected chi connectivity index (χ1v) is 4.90. The molecule has 1 N–H and O–H groups in total. The smallest absolute Gasteiger partial charge is 0.341 e. The fraction of sp³-hybridized carbons (Fsp3) is 0.0833. The summed E-state index contributed by atoms with van der Waals surface area (Å²) in [5.41, 5.74) is 0.981. The Morgan fingerprint density at radius 1 is 1.41 bits per heavy atom. The highest BCUT2D eigenvalue weighted by molar-refractivity contribution is 5.98. The van der Waals surface area contributed by atoms with E-state index in [-0.39, 0.29) is 0 Å². The van der Waals surface area contributed by atoms with Gasteiger partial charge in [0.2, 0.25) is 0 Å². The molecule has 0 saturated carbocycles. The molecular formula is C12H9NO4. The second-order valence-corrected chi connectivity index (χ2v) is 3.35. The van der Waals surface area contributed by atoms with Crippen LogP contribution < -0.4 is 4.74 Å². The van der Waals surface area contributed by atoms with Crippen LogP contribution >= 0.6 is 0 Å². The summed E-state index contributed by atoms with van der Waals surface area (Å²) in [7, 11) is 0. The number of hydrogen-bond acceptors (Lipinski definition) is 4. The topological polar surface area (TPSA) is 76.5 Å². The van der Waals surface area contributed by atoms with Crippen LogP contribution in [0.1, 0.15) is 10.4 Å². The average molecular weight is 231 g/mol. The molecule has 0 amide bonds. The highest BCUT2D eigenvalue weighted by atomic mass is 16.5. The Morgan fingerprint density at radius 3 is 2.94 bits per heavy atom. The van der Waals surface area contributed by atoms with E-state index >= 15 is 0 Å². The summed E-state index contributed by atoms with van der Waals surface area (Å²) >= 11 is 0. The van der Waals surface area contributed by atoms with Gasteiger partial charge in [-0.1, -0.05) is 6.07 Å². The number of benzene rings is 1. The number of carboxylic acid groups (broad SMARTS) is 1. The van der Waals surface area contributed by atoms with Gasteiger partial charge in [-0.2, -0.15) is 0 Å². The Kier molecular flexibility index (Phi) is 3.00. The highest BCUT2D eigenvalue weighted by Gasteiger charge is 2.08. The van der Waals surface area contributed by atoms with E-state index in [1.807, 2.05) is 0 Å². The molecule has 0 aliphatic carbocycles. The molecule has 0 radical (unpaired) electrons. The molecule has 0 spiro atoms. The van der Waals surface area contributed by atoms with E-state index in [0.29, 0.717) is 22.2 Å². The molecule has 5 heteroatoms. The maximum atomic E-state index is 10.8. The van der Waals surface area contributed by atoms with E-state index in [0.717, 1.165) is 6.29 Å². The fourth-order valence-electron chi connectivity index (χ4n) is 1.53. The van der Waals surface area contributed by atoms with Crippen LogP contribution in [0.2, 0.25) is 0 Å². The molecule has 1 aromatic carbocycles. The zero-order valence-corrected chi connectivity index (χ0v) is 8.79. The first-order valence-electron chi connectivity index (χ1n) is 4.90. The van der Waals surface area contributed by atoms with Gasteiger partial charge in [0.15, 0.2) is 12.9 Å². The van der Waals surface area contributed by atoms with Crippen LogP contribution in [0.4, 0.5) is 0 Å². The number of carboxylic acids is 1. The fourth-order valence-corrected chi connectivity index (χ4v) is 1.53. The number of pyridine rings is 1. The third-order valence-electron chi connectivity index (χ3n) is 2.24. The van der Waals surface area contributed by atoms with Gasteiger partial charge < -0.3 is 9.84 Å². The largest absolute Gasteiger partial charge is 0.480 e. The number of carbonyl (C=O) groups excluding carboxylic acids is 1. The SMILES string of the molecule is O=Cc1ccc(OCC(=O)O)c2ncccc12. The summed E-state index contributed by atoms with van der Waals surface area (Å²) in [6, 6.07) is 6.56.